The summed E-state index contributed by atoms with van der Waals surface area (Å²) in [6.07, 6.45) is 54.2. The Morgan fingerprint density at radius 1 is 0.308 bits per heavy atom. The van der Waals surface area contributed by atoms with E-state index in [1.54, 1.807) is 0 Å². The van der Waals surface area contributed by atoms with Gasteiger partial charge in [0.25, 0.3) is 0 Å². The second-order valence-corrected chi connectivity index (χ2v) is 22.7. The minimum Gasteiger partial charge on any atom is -0.550 e. The summed E-state index contributed by atoms with van der Waals surface area (Å²) in [5, 5.41) is 20.6. The number of carboxylic acids is 2. The Morgan fingerprint density at radius 2 is 0.462 bits per heavy atom. The number of hydrogen-bond donors (Lipinski definition) is 2. The second kappa shape index (κ2) is 55.0. The Bertz CT molecular complexity index is 1120. The number of sulfonamides is 2. The summed E-state index contributed by atoms with van der Waals surface area (Å²) < 4.78 is 51.4. The summed E-state index contributed by atoms with van der Waals surface area (Å²) in [4.78, 5) is 20.6. The Labute approximate surface area is 433 Å². The molecule has 0 fully saturated rings. The molecule has 0 aliphatic heterocycles. The molecule has 65 heavy (non-hydrogen) atoms. The summed E-state index contributed by atoms with van der Waals surface area (Å²) in [5.41, 5.74) is 0. The van der Waals surface area contributed by atoms with E-state index in [2.05, 4.69) is 23.3 Å². The molecule has 13 heteroatoms. The quantitative estimate of drug-likeness (QED) is 0.0447. The van der Waals surface area contributed by atoms with Gasteiger partial charge in [0.15, 0.2) is 0 Å². The van der Waals surface area contributed by atoms with Crippen LogP contribution in [0.5, 0.6) is 0 Å². The molecule has 0 aromatic rings. The zero-order valence-electron chi connectivity index (χ0n) is 42.7. The third kappa shape index (κ3) is 64.0. The van der Waals surface area contributed by atoms with E-state index in [4.69, 9.17) is 0 Å². The van der Waals surface area contributed by atoms with Crippen LogP contribution in [-0.2, 0) is 29.6 Å². The van der Waals surface area contributed by atoms with E-state index in [1.807, 2.05) is 0 Å². The van der Waals surface area contributed by atoms with Gasteiger partial charge in [-0.25, -0.2) is 26.3 Å². The number of aliphatic carboxylic acids is 2. The van der Waals surface area contributed by atoms with Gasteiger partial charge in [0.2, 0.25) is 20.0 Å². The molecule has 0 unspecified atom stereocenters. The summed E-state index contributed by atoms with van der Waals surface area (Å²) in [6.45, 7) is 4.39. The van der Waals surface area contributed by atoms with E-state index < -0.39 is 32.0 Å². The van der Waals surface area contributed by atoms with Crippen LogP contribution in [0.3, 0.4) is 0 Å². The van der Waals surface area contributed by atoms with Crippen molar-refractivity contribution in [1.82, 2.24) is 9.44 Å². The predicted octanol–water partition coefficient (Wildman–Crippen LogP) is 12.1. The molecule has 2 N–H and O–H groups in total. The first kappa shape index (κ1) is 69.3. The van der Waals surface area contributed by atoms with Crippen LogP contribution in [0, 0.1) is 0 Å². The van der Waals surface area contributed by atoms with Gasteiger partial charge in [0.05, 0.1) is 11.5 Å². The minimum atomic E-state index is -3.34. The maximum Gasteiger partial charge on any atom is 2.00 e. The van der Waals surface area contributed by atoms with E-state index in [0.717, 1.165) is 25.7 Å². The SMILES string of the molecule is CCCCCCCCCCCCCCCCCCCCCCCS(=O)(=O)NCCC(=O)[O-].CCCCCCCCCCCCCCCCCCCCCCCS(=O)(=O)NCCC(=O)[O-].[Ca+2]. The van der Waals surface area contributed by atoms with Crippen molar-refractivity contribution >= 4 is 69.7 Å². The Balaban J connectivity index is -0.00000116. The number of carboxylic acid groups (broad SMARTS) is 2. The maximum absolute atomic E-state index is 11.7. The molecule has 0 bridgehead atoms. The van der Waals surface area contributed by atoms with Crippen molar-refractivity contribution in [2.75, 3.05) is 24.6 Å². The van der Waals surface area contributed by atoms with Crippen molar-refractivity contribution in [2.24, 2.45) is 0 Å². The summed E-state index contributed by atoms with van der Waals surface area (Å²) in [6, 6.07) is 0. The number of carbonyl (C=O) groups excluding carboxylic acids is 2. The van der Waals surface area contributed by atoms with Crippen LogP contribution in [0.2, 0.25) is 0 Å². The zero-order valence-corrected chi connectivity index (χ0v) is 46.6. The molecule has 0 amide bonds. The van der Waals surface area contributed by atoms with Crippen molar-refractivity contribution in [1.29, 1.82) is 0 Å². The fourth-order valence-corrected chi connectivity index (χ4v) is 10.5. The largest absolute Gasteiger partial charge is 2.00 e. The average molecular weight is 990 g/mol. The molecule has 0 rings (SSSR count). The Hall–Kier alpha value is 0.0197. The Kier molecular flexibility index (Phi) is 58.6. The normalized spacial score (nSPS) is 11.6. The predicted molar refractivity (Wildman–Crippen MR) is 274 cm³/mol. The summed E-state index contributed by atoms with van der Waals surface area (Å²) >= 11 is 0. The van der Waals surface area contributed by atoms with Crippen LogP contribution in [0.25, 0.3) is 0 Å². The third-order valence-electron chi connectivity index (χ3n) is 12.3. The standard InChI is InChI=1S/2C26H53NO4S.Ca/c2*1-2-3-4-5-6-7-8-9-10-11-12-13-14-15-16-17-18-19-20-21-22-25-32(30,31)27-24-23-26(28)29;/h2*27H,2-25H2,1H3,(H,28,29);/q;;+2/p-2. The first-order valence-electron chi connectivity index (χ1n) is 27.3. The average Bonchev–Trinajstić information content (AvgIpc) is 3.24. The van der Waals surface area contributed by atoms with Crippen LogP contribution in [-0.4, -0.2) is 91.1 Å². The van der Waals surface area contributed by atoms with Crippen LogP contribution >= 0.6 is 0 Å². The van der Waals surface area contributed by atoms with E-state index in [1.165, 1.54) is 231 Å². The van der Waals surface area contributed by atoms with Gasteiger partial charge in [0.1, 0.15) is 0 Å². The van der Waals surface area contributed by atoms with Gasteiger partial charge in [-0.15, -0.1) is 0 Å². The van der Waals surface area contributed by atoms with Gasteiger partial charge in [-0.2, -0.15) is 0 Å². The van der Waals surface area contributed by atoms with Crippen LogP contribution in [0.4, 0.5) is 0 Å². The van der Waals surface area contributed by atoms with E-state index in [-0.39, 0.29) is 75.2 Å². The third-order valence-corrected chi connectivity index (χ3v) is 15.3. The smallest absolute Gasteiger partial charge is 0.550 e. The molecule has 0 saturated carbocycles. The molecule has 0 spiro atoms. The van der Waals surface area contributed by atoms with Gasteiger partial charge in [0, 0.05) is 37.9 Å². The minimum absolute atomic E-state index is 0. The second-order valence-electron chi connectivity index (χ2n) is 18.8. The number of nitrogens with one attached hydrogen (secondary N) is 2. The van der Waals surface area contributed by atoms with Crippen molar-refractivity contribution in [3.63, 3.8) is 0 Å². The van der Waals surface area contributed by atoms with Gasteiger partial charge in [-0.1, -0.05) is 271 Å². The van der Waals surface area contributed by atoms with Gasteiger partial charge < -0.3 is 19.8 Å². The molecule has 0 saturated heterocycles. The first-order chi connectivity index (χ1) is 31.0. The molecular weight excluding hydrogens is 885 g/mol. The maximum atomic E-state index is 11.7. The number of hydrogen-bond acceptors (Lipinski definition) is 8. The molecule has 0 aromatic heterocycles. The summed E-state index contributed by atoms with van der Waals surface area (Å²) in [7, 11) is -6.69. The number of unbranched alkanes of at least 4 members (excludes halogenated alkanes) is 40. The molecule has 10 nitrogen and oxygen atoms in total. The van der Waals surface area contributed by atoms with Crippen LogP contribution in [0.15, 0.2) is 0 Å². The molecule has 0 atom stereocenters. The van der Waals surface area contributed by atoms with Gasteiger partial charge in [-0.05, 0) is 12.8 Å². The number of carbonyl (C=O) groups is 2. The molecule has 0 aromatic carbocycles. The van der Waals surface area contributed by atoms with E-state index in [9.17, 15) is 36.6 Å². The molecule has 0 radical (unpaired) electrons. The van der Waals surface area contributed by atoms with E-state index in [0.29, 0.717) is 12.8 Å². The topological polar surface area (TPSA) is 173 Å². The molecular formula is C52H104CaN2O8S2. The van der Waals surface area contributed by atoms with E-state index >= 15 is 0 Å². The fraction of sp³-hybridized carbons (Fsp3) is 0.962. The molecule has 0 heterocycles. The Morgan fingerprint density at radius 3 is 0.615 bits per heavy atom. The van der Waals surface area contributed by atoms with Crippen molar-refractivity contribution in [3.8, 4) is 0 Å². The fourth-order valence-electron chi connectivity index (χ4n) is 8.21. The van der Waals surface area contributed by atoms with Crippen molar-refractivity contribution in [2.45, 2.75) is 296 Å². The molecule has 384 valence electrons. The molecule has 0 aliphatic rings. The summed E-state index contributed by atoms with van der Waals surface area (Å²) in [5.74, 6) is -2.30. The monoisotopic (exact) mass is 989 g/mol. The number of rotatable bonds is 52. The zero-order chi connectivity index (χ0) is 47.5. The van der Waals surface area contributed by atoms with Crippen molar-refractivity contribution in [3.05, 3.63) is 0 Å². The van der Waals surface area contributed by atoms with Crippen LogP contribution in [0.1, 0.15) is 296 Å². The van der Waals surface area contributed by atoms with Gasteiger partial charge in [-0.3, -0.25) is 0 Å². The van der Waals surface area contributed by atoms with Gasteiger partial charge >= 0.3 is 37.7 Å². The molecule has 0 aliphatic carbocycles. The van der Waals surface area contributed by atoms with Crippen molar-refractivity contribution < 1.29 is 36.6 Å². The van der Waals surface area contributed by atoms with Crippen LogP contribution < -0.4 is 19.7 Å². The first-order valence-corrected chi connectivity index (χ1v) is 30.6.